The molecule has 6 heteroatoms. The number of aromatic nitrogens is 2. The number of ether oxygens (including phenoxy) is 2. The molecule has 1 aliphatic carbocycles. The molecule has 0 unspecified atom stereocenters. The number of fused-ring (bicyclic) bond motifs is 1. The van der Waals surface area contributed by atoms with Crippen molar-refractivity contribution >= 4 is 11.5 Å². The lowest BCUT2D eigenvalue weighted by Crippen LogP contribution is -2.31. The quantitative estimate of drug-likeness (QED) is 0.823. The van der Waals surface area contributed by atoms with Crippen LogP contribution < -0.4 is 10.3 Å². The van der Waals surface area contributed by atoms with Crippen molar-refractivity contribution in [3.63, 3.8) is 0 Å². The standard InChI is InChI=1S/C19H27N3O3/c1-2-9-22-18(23)15-12-16(13-5-3-4-6-13)20-17(15)21-19(22)25-14-7-10-24-11-8-14/h13-14H,2-12H2,1H3. The molecule has 0 spiro atoms. The highest BCUT2D eigenvalue weighted by molar-refractivity contribution is 5.94. The topological polar surface area (TPSA) is 65.7 Å². The minimum Gasteiger partial charge on any atom is -0.461 e. The first-order chi connectivity index (χ1) is 12.3. The number of nitrogens with zero attached hydrogens (tertiary/aromatic N) is 3. The van der Waals surface area contributed by atoms with Crippen molar-refractivity contribution in [2.24, 2.45) is 10.9 Å². The maximum atomic E-state index is 13.0. The van der Waals surface area contributed by atoms with Gasteiger partial charge < -0.3 is 9.47 Å². The highest BCUT2D eigenvalue weighted by atomic mass is 16.5. The molecule has 6 nitrogen and oxygen atoms in total. The summed E-state index contributed by atoms with van der Waals surface area (Å²) in [6.45, 7) is 4.12. The Kier molecular flexibility index (Phi) is 4.88. The molecule has 0 atom stereocenters. The van der Waals surface area contributed by atoms with Crippen LogP contribution in [0.1, 0.15) is 57.4 Å². The van der Waals surface area contributed by atoms with Crippen molar-refractivity contribution in [1.29, 1.82) is 0 Å². The van der Waals surface area contributed by atoms with Gasteiger partial charge in [-0.25, -0.2) is 4.99 Å². The number of aliphatic imine (C=N–C) groups is 1. The summed E-state index contributed by atoms with van der Waals surface area (Å²) >= 11 is 0. The monoisotopic (exact) mass is 345 g/mol. The predicted octanol–water partition coefficient (Wildman–Crippen LogP) is 3.03. The molecule has 1 saturated carbocycles. The van der Waals surface area contributed by atoms with E-state index in [1.165, 1.54) is 25.7 Å². The van der Waals surface area contributed by atoms with Crippen LogP contribution in [0.3, 0.4) is 0 Å². The van der Waals surface area contributed by atoms with Crippen molar-refractivity contribution in [3.05, 3.63) is 15.9 Å². The Bertz CT molecular complexity index is 713. The Hall–Kier alpha value is -1.69. The summed E-state index contributed by atoms with van der Waals surface area (Å²) in [5.41, 5.74) is 1.95. The highest BCUT2D eigenvalue weighted by Crippen LogP contribution is 2.33. The molecule has 136 valence electrons. The van der Waals surface area contributed by atoms with E-state index in [9.17, 15) is 4.79 Å². The molecule has 2 aliphatic heterocycles. The lowest BCUT2D eigenvalue weighted by atomic mass is 9.98. The van der Waals surface area contributed by atoms with Gasteiger partial charge in [-0.05, 0) is 25.2 Å². The van der Waals surface area contributed by atoms with Gasteiger partial charge in [0.2, 0.25) is 0 Å². The molecule has 3 aliphatic rings. The molecule has 3 heterocycles. The van der Waals surface area contributed by atoms with Crippen molar-refractivity contribution in [2.75, 3.05) is 13.2 Å². The first-order valence-electron chi connectivity index (χ1n) is 9.72. The third-order valence-corrected chi connectivity index (χ3v) is 5.53. The summed E-state index contributed by atoms with van der Waals surface area (Å²) in [5.74, 6) is 1.13. The van der Waals surface area contributed by atoms with Crippen LogP contribution in [0.5, 0.6) is 6.01 Å². The maximum absolute atomic E-state index is 13.0. The molecule has 4 rings (SSSR count). The van der Waals surface area contributed by atoms with E-state index in [1.54, 1.807) is 4.57 Å². The van der Waals surface area contributed by atoms with Crippen molar-refractivity contribution in [2.45, 2.75) is 70.9 Å². The molecule has 1 aromatic rings. The fourth-order valence-electron chi connectivity index (χ4n) is 4.12. The van der Waals surface area contributed by atoms with Crippen molar-refractivity contribution < 1.29 is 9.47 Å². The summed E-state index contributed by atoms with van der Waals surface area (Å²) < 4.78 is 13.2. The number of rotatable bonds is 5. The van der Waals surface area contributed by atoms with Crippen molar-refractivity contribution in [1.82, 2.24) is 9.55 Å². The summed E-state index contributed by atoms with van der Waals surface area (Å²) in [6.07, 6.45) is 8.24. The van der Waals surface area contributed by atoms with E-state index in [0.29, 0.717) is 43.9 Å². The third-order valence-electron chi connectivity index (χ3n) is 5.53. The first kappa shape index (κ1) is 16.8. The maximum Gasteiger partial charge on any atom is 0.301 e. The predicted molar refractivity (Wildman–Crippen MR) is 96.0 cm³/mol. The van der Waals surface area contributed by atoms with E-state index in [1.807, 2.05) is 0 Å². The van der Waals surface area contributed by atoms with Crippen LogP contribution in [0.2, 0.25) is 0 Å². The lowest BCUT2D eigenvalue weighted by Gasteiger charge is -2.24. The van der Waals surface area contributed by atoms with Gasteiger partial charge in [0.1, 0.15) is 6.10 Å². The SMILES string of the molecule is CCCn1c(OC2CCOCC2)nc2c(c1=O)CC(C1CCCC1)=N2. The Labute approximate surface area is 148 Å². The van der Waals surface area contributed by atoms with Crippen LogP contribution in [0.15, 0.2) is 9.79 Å². The molecular weight excluding hydrogens is 318 g/mol. The van der Waals surface area contributed by atoms with E-state index in [0.717, 1.165) is 30.5 Å². The molecule has 0 bridgehead atoms. The van der Waals surface area contributed by atoms with Gasteiger partial charge in [0.15, 0.2) is 5.82 Å². The fourth-order valence-corrected chi connectivity index (χ4v) is 4.12. The second-order valence-electron chi connectivity index (χ2n) is 7.34. The number of hydrogen-bond donors (Lipinski definition) is 0. The van der Waals surface area contributed by atoms with Crippen LogP contribution in [0.25, 0.3) is 0 Å². The van der Waals surface area contributed by atoms with Crippen LogP contribution in [-0.4, -0.2) is 34.6 Å². The first-order valence-corrected chi connectivity index (χ1v) is 9.72. The molecule has 25 heavy (non-hydrogen) atoms. The van der Waals surface area contributed by atoms with Crippen molar-refractivity contribution in [3.8, 4) is 6.01 Å². The second-order valence-corrected chi connectivity index (χ2v) is 7.34. The Balaban J connectivity index is 1.64. The Morgan fingerprint density at radius 2 is 1.96 bits per heavy atom. The summed E-state index contributed by atoms with van der Waals surface area (Å²) in [7, 11) is 0. The van der Waals surface area contributed by atoms with E-state index in [2.05, 4.69) is 11.9 Å². The largest absolute Gasteiger partial charge is 0.461 e. The van der Waals surface area contributed by atoms with E-state index >= 15 is 0 Å². The van der Waals surface area contributed by atoms with Gasteiger partial charge in [-0.15, -0.1) is 0 Å². The van der Waals surface area contributed by atoms with Gasteiger partial charge in [0.05, 0.1) is 18.8 Å². The molecule has 0 N–H and O–H groups in total. The van der Waals surface area contributed by atoms with Gasteiger partial charge >= 0.3 is 6.01 Å². The minimum atomic E-state index is 0.0330. The van der Waals surface area contributed by atoms with Gasteiger partial charge in [0.25, 0.3) is 5.56 Å². The fraction of sp³-hybridized carbons (Fsp3) is 0.737. The van der Waals surface area contributed by atoms with Gasteiger partial charge in [0, 0.05) is 31.5 Å². The lowest BCUT2D eigenvalue weighted by molar-refractivity contribution is 0.0194. The zero-order chi connectivity index (χ0) is 17.2. The summed E-state index contributed by atoms with van der Waals surface area (Å²) in [5, 5.41) is 0. The van der Waals surface area contributed by atoms with E-state index < -0.39 is 0 Å². The van der Waals surface area contributed by atoms with E-state index in [-0.39, 0.29) is 11.7 Å². The van der Waals surface area contributed by atoms with Crippen LogP contribution >= 0.6 is 0 Å². The van der Waals surface area contributed by atoms with Gasteiger partial charge in [-0.3, -0.25) is 9.36 Å². The van der Waals surface area contributed by atoms with Crippen LogP contribution in [0.4, 0.5) is 5.82 Å². The van der Waals surface area contributed by atoms with E-state index in [4.69, 9.17) is 14.5 Å². The third kappa shape index (κ3) is 3.36. The molecule has 2 fully saturated rings. The molecule has 0 amide bonds. The Morgan fingerprint density at radius 1 is 1.20 bits per heavy atom. The molecule has 1 aromatic heterocycles. The summed E-state index contributed by atoms with van der Waals surface area (Å²) in [4.78, 5) is 22.4. The zero-order valence-electron chi connectivity index (χ0n) is 15.0. The van der Waals surface area contributed by atoms with Gasteiger partial charge in [-0.1, -0.05) is 19.8 Å². The average Bonchev–Trinajstić information content (AvgIpc) is 3.28. The number of hydrogen-bond acceptors (Lipinski definition) is 5. The highest BCUT2D eigenvalue weighted by Gasteiger charge is 2.30. The van der Waals surface area contributed by atoms with Crippen LogP contribution in [-0.2, 0) is 17.7 Å². The van der Waals surface area contributed by atoms with Gasteiger partial charge in [-0.2, -0.15) is 4.98 Å². The second kappa shape index (κ2) is 7.28. The average molecular weight is 345 g/mol. The molecule has 0 aromatic carbocycles. The zero-order valence-corrected chi connectivity index (χ0v) is 15.0. The molecule has 0 radical (unpaired) electrons. The smallest absolute Gasteiger partial charge is 0.301 e. The Morgan fingerprint density at radius 3 is 2.68 bits per heavy atom. The molecule has 1 saturated heterocycles. The molecular formula is C19H27N3O3. The normalized spacial score (nSPS) is 21.4. The summed E-state index contributed by atoms with van der Waals surface area (Å²) in [6, 6.07) is 0.439. The minimum absolute atomic E-state index is 0.0330. The van der Waals surface area contributed by atoms with Crippen LogP contribution in [0, 0.1) is 5.92 Å².